The number of benzene rings is 1. The summed E-state index contributed by atoms with van der Waals surface area (Å²) in [5.74, 6) is 0.216. The smallest absolute Gasteiger partial charge is 0.382 e. The van der Waals surface area contributed by atoms with Crippen molar-refractivity contribution in [2.75, 3.05) is 19.5 Å². The van der Waals surface area contributed by atoms with Gasteiger partial charge in [0.2, 0.25) is 0 Å². The molecule has 0 radical (unpaired) electrons. The van der Waals surface area contributed by atoms with Crippen LogP contribution < -0.4 is 5.73 Å². The summed E-state index contributed by atoms with van der Waals surface area (Å²) in [5, 5.41) is 0.509. The maximum atomic E-state index is 12.0. The lowest BCUT2D eigenvalue weighted by atomic mass is 10.1. The minimum absolute atomic E-state index is 0.112. The number of nitrogens with zero attached hydrogens (tertiary/aromatic N) is 5. The Morgan fingerprint density at radius 3 is 3.00 bits per heavy atom. The van der Waals surface area contributed by atoms with Gasteiger partial charge in [0.25, 0.3) is 0 Å². The molecule has 2 aliphatic rings. The van der Waals surface area contributed by atoms with E-state index in [0.29, 0.717) is 16.3 Å². The van der Waals surface area contributed by atoms with Crippen molar-refractivity contribution in [3.63, 3.8) is 0 Å². The van der Waals surface area contributed by atoms with Crippen LogP contribution in [0, 0.1) is 0 Å². The fourth-order valence-corrected chi connectivity index (χ4v) is 7.00. The zero-order valence-electron chi connectivity index (χ0n) is 17.0. The molecule has 1 aromatic carbocycles. The molecular formula is C18H17N6O6PS2. The Hall–Kier alpha value is -2.16. The van der Waals surface area contributed by atoms with E-state index < -0.39 is 32.4 Å². The second-order valence-electron chi connectivity index (χ2n) is 7.34. The molecule has 2 fully saturated rings. The summed E-state index contributed by atoms with van der Waals surface area (Å²) < 4.78 is 37.6. The van der Waals surface area contributed by atoms with Crippen LogP contribution in [0.5, 0.6) is 0 Å². The Labute approximate surface area is 194 Å². The number of para-hydroxylation sites is 1. The molecule has 3 N–H and O–H groups in total. The highest BCUT2D eigenvalue weighted by molar-refractivity contribution is 8.01. The molecule has 0 amide bonds. The molecule has 4 aromatic rings. The lowest BCUT2D eigenvalue weighted by Gasteiger charge is -2.29. The number of hydrogen-bond donors (Lipinski definition) is 2. The van der Waals surface area contributed by atoms with E-state index in [2.05, 4.69) is 19.9 Å². The van der Waals surface area contributed by atoms with E-state index in [0.717, 1.165) is 14.6 Å². The van der Waals surface area contributed by atoms with Gasteiger partial charge in [0.05, 0.1) is 16.8 Å². The maximum Gasteiger partial charge on any atom is 0.472 e. The van der Waals surface area contributed by atoms with Crippen molar-refractivity contribution >= 4 is 58.1 Å². The predicted molar refractivity (Wildman–Crippen MR) is 119 cm³/mol. The average molecular weight is 508 g/mol. The molecule has 0 bridgehead atoms. The number of aromatic nitrogens is 5. The van der Waals surface area contributed by atoms with Gasteiger partial charge in [0.15, 0.2) is 32.7 Å². The highest BCUT2D eigenvalue weighted by Crippen LogP contribution is 2.53. The Morgan fingerprint density at radius 1 is 1.33 bits per heavy atom. The van der Waals surface area contributed by atoms with E-state index in [1.165, 1.54) is 36.5 Å². The van der Waals surface area contributed by atoms with Crippen molar-refractivity contribution in [1.29, 1.82) is 0 Å². The summed E-state index contributed by atoms with van der Waals surface area (Å²) in [5.41, 5.74) is 7.80. The third kappa shape index (κ3) is 3.63. The summed E-state index contributed by atoms with van der Waals surface area (Å²) in [4.78, 5) is 27.6. The Kier molecular flexibility index (Phi) is 5.16. The molecule has 5 atom stereocenters. The van der Waals surface area contributed by atoms with Gasteiger partial charge in [-0.3, -0.25) is 13.6 Å². The van der Waals surface area contributed by atoms with Crippen LogP contribution in [0.1, 0.15) is 6.23 Å². The van der Waals surface area contributed by atoms with E-state index in [9.17, 15) is 9.46 Å². The second kappa shape index (κ2) is 7.96. The van der Waals surface area contributed by atoms with Gasteiger partial charge in [-0.05, 0) is 23.9 Å². The summed E-state index contributed by atoms with van der Waals surface area (Å²) >= 11 is 2.86. The van der Waals surface area contributed by atoms with Gasteiger partial charge in [0.1, 0.15) is 24.6 Å². The zero-order valence-corrected chi connectivity index (χ0v) is 19.5. The van der Waals surface area contributed by atoms with Crippen molar-refractivity contribution in [3.8, 4) is 0 Å². The fourth-order valence-electron chi connectivity index (χ4n) is 3.96. The molecule has 0 aliphatic carbocycles. The molecule has 6 rings (SSSR count). The number of imidazole rings is 1. The molecular weight excluding hydrogens is 491 g/mol. The summed E-state index contributed by atoms with van der Waals surface area (Å²) in [7, 11) is -2.71. The van der Waals surface area contributed by atoms with Crippen molar-refractivity contribution in [2.45, 2.75) is 34.0 Å². The van der Waals surface area contributed by atoms with Crippen molar-refractivity contribution in [2.24, 2.45) is 0 Å². The van der Waals surface area contributed by atoms with E-state index >= 15 is 0 Å². The lowest BCUT2D eigenvalue weighted by molar-refractivity contribution is -0.0690. The largest absolute Gasteiger partial charge is 0.472 e. The van der Waals surface area contributed by atoms with E-state index in [-0.39, 0.29) is 12.4 Å². The van der Waals surface area contributed by atoms with Crippen molar-refractivity contribution < 1.29 is 28.0 Å². The Bertz CT molecular complexity index is 1380. The molecule has 15 heteroatoms. The third-order valence-electron chi connectivity index (χ3n) is 5.39. The molecule has 1 unspecified atom stereocenters. The van der Waals surface area contributed by atoms with Crippen LogP contribution in [0.3, 0.4) is 0 Å². The number of fused-ring (bicyclic) bond motifs is 3. The van der Waals surface area contributed by atoms with Crippen molar-refractivity contribution in [1.82, 2.24) is 24.5 Å². The van der Waals surface area contributed by atoms with Crippen LogP contribution in [-0.4, -0.2) is 61.4 Å². The highest BCUT2D eigenvalue weighted by Gasteiger charge is 2.54. The van der Waals surface area contributed by atoms with Crippen molar-refractivity contribution in [3.05, 3.63) is 30.6 Å². The first-order chi connectivity index (χ1) is 15.9. The number of rotatable bonds is 4. The molecule has 3 aromatic heterocycles. The number of ether oxygens (including phenoxy) is 2. The van der Waals surface area contributed by atoms with Crippen LogP contribution >= 0.6 is 30.9 Å². The molecule has 33 heavy (non-hydrogen) atoms. The summed E-state index contributed by atoms with van der Waals surface area (Å²) in [6, 6.07) is 7.83. The van der Waals surface area contributed by atoms with E-state index in [1.807, 2.05) is 24.3 Å². The Morgan fingerprint density at radius 2 is 2.18 bits per heavy atom. The third-order valence-corrected chi connectivity index (χ3v) is 8.45. The van der Waals surface area contributed by atoms with Crippen LogP contribution in [0.4, 0.5) is 5.82 Å². The molecule has 5 heterocycles. The number of phosphoric ester groups is 1. The monoisotopic (exact) mass is 508 g/mol. The number of nitrogen functional groups attached to an aromatic ring is 1. The molecule has 2 saturated heterocycles. The average Bonchev–Trinajstić information content (AvgIpc) is 3.45. The molecule has 2 aliphatic heterocycles. The Balaban J connectivity index is 1.46. The topological polar surface area (TPSA) is 157 Å². The van der Waals surface area contributed by atoms with Gasteiger partial charge in [-0.1, -0.05) is 12.1 Å². The first-order valence-electron chi connectivity index (χ1n) is 9.79. The predicted octanol–water partition coefficient (Wildman–Crippen LogP) is 2.60. The van der Waals surface area contributed by atoms with Gasteiger partial charge in [-0.25, -0.2) is 24.5 Å². The van der Waals surface area contributed by atoms with Gasteiger partial charge in [-0.15, -0.1) is 11.3 Å². The van der Waals surface area contributed by atoms with E-state index in [4.69, 9.17) is 24.3 Å². The first-order valence-corrected chi connectivity index (χ1v) is 12.9. The molecule has 0 saturated carbocycles. The molecule has 172 valence electrons. The fraction of sp³-hybridized carbons (Fsp3) is 0.333. The van der Waals surface area contributed by atoms with Gasteiger partial charge >= 0.3 is 7.82 Å². The number of anilines is 1. The van der Waals surface area contributed by atoms with Crippen LogP contribution in [0.25, 0.3) is 21.4 Å². The quantitative estimate of drug-likeness (QED) is 0.389. The van der Waals surface area contributed by atoms with E-state index in [1.54, 1.807) is 4.57 Å². The number of phosphoric acid groups is 1. The summed E-state index contributed by atoms with van der Waals surface area (Å²) in [6.45, 7) is -0.112. The van der Waals surface area contributed by atoms with Gasteiger partial charge < -0.3 is 20.1 Å². The normalized spacial score (nSPS) is 29.6. The highest BCUT2D eigenvalue weighted by atomic mass is 32.2. The molecule has 12 nitrogen and oxygen atoms in total. The summed E-state index contributed by atoms with van der Waals surface area (Å²) in [6.07, 6.45) is -1.61. The maximum absolute atomic E-state index is 12.0. The van der Waals surface area contributed by atoms with Gasteiger partial charge in [-0.2, -0.15) is 0 Å². The second-order valence-corrected chi connectivity index (χ2v) is 11.0. The van der Waals surface area contributed by atoms with Crippen LogP contribution in [0.15, 0.2) is 40.1 Å². The SMILES string of the molecule is CO[C@@H]1[C@@H]2OP(=O)(O)OC[C@H]2O[C@H]1n1c(Sc2nc3ccccc3s2)nc2c(N)ncnc21. The zero-order chi connectivity index (χ0) is 22.7. The van der Waals surface area contributed by atoms with Crippen LogP contribution in [-0.2, 0) is 23.1 Å². The number of hydrogen-bond acceptors (Lipinski definition) is 12. The number of nitrogens with two attached hydrogens (primary N) is 1. The minimum atomic E-state index is -4.19. The minimum Gasteiger partial charge on any atom is -0.382 e. The lowest BCUT2D eigenvalue weighted by Crippen LogP contribution is -2.40. The van der Waals surface area contributed by atoms with Crippen LogP contribution in [0.2, 0.25) is 0 Å². The standard InChI is InChI=1S/C18H17N6O6PS2/c1-27-13-12-9(6-28-31(25,26)30-12)29-16(13)24-15-11(14(19)20-7-21-15)23-17(24)33-18-22-8-4-2-3-5-10(8)32-18/h2-5,7,9,12-13,16H,6H2,1H3,(H,25,26)(H2,19,20,21)/t9-,12-,13-,16-/m1/s1. The number of methoxy groups -OCH3 is 1. The van der Waals surface area contributed by atoms with Gasteiger partial charge in [0, 0.05) is 7.11 Å². The number of thiazole rings is 1. The molecule has 0 spiro atoms. The first kappa shape index (κ1) is 21.4.